The van der Waals surface area contributed by atoms with Crippen LogP contribution < -0.4 is 0 Å². The molecule has 0 unspecified atom stereocenters. The number of hydrogen-bond acceptors (Lipinski definition) is 4. The van der Waals surface area contributed by atoms with E-state index in [2.05, 4.69) is 6.58 Å². The molecule has 0 aliphatic carbocycles. The Hall–Kier alpha value is -1.23. The highest BCUT2D eigenvalue weighted by atomic mass is 16.6. The molecule has 0 aromatic heterocycles. The maximum atomic E-state index is 12.0. The van der Waals surface area contributed by atoms with Gasteiger partial charge in [0.05, 0.1) is 0 Å². The van der Waals surface area contributed by atoms with Gasteiger partial charge in [0.15, 0.2) is 0 Å². The van der Waals surface area contributed by atoms with E-state index in [1.165, 1.54) is 4.90 Å². The number of amides is 1. The molecule has 1 fully saturated rings. The second-order valence-electron chi connectivity index (χ2n) is 5.44. The smallest absolute Gasteiger partial charge is 0.411 e. The highest BCUT2D eigenvalue weighted by molar-refractivity contribution is 5.69. The number of rotatable bonds is 1. The number of aliphatic hydroxyl groups is 1. The molecule has 0 aromatic carbocycles. The van der Waals surface area contributed by atoms with Gasteiger partial charge in [-0.25, -0.2) is 4.79 Å². The zero-order chi connectivity index (χ0) is 13.2. The number of piperazine rings is 1. The number of carbonyl (C=O) groups excluding carboxylic acids is 1. The average molecular weight is 242 g/mol. The molecule has 1 amide bonds. The zero-order valence-electron chi connectivity index (χ0n) is 11.1. The summed E-state index contributed by atoms with van der Waals surface area (Å²) in [5, 5.41) is 9.54. The second kappa shape index (κ2) is 4.96. The molecule has 5 nitrogen and oxygen atoms in total. The lowest BCUT2D eigenvalue weighted by Gasteiger charge is -2.39. The fourth-order valence-electron chi connectivity index (χ4n) is 1.74. The number of likely N-dealkylation sites (N-methyl/N-ethyl adjacent to an activating group) is 1. The number of carbonyl (C=O) groups is 1. The van der Waals surface area contributed by atoms with Crippen LogP contribution in [0.4, 0.5) is 4.79 Å². The van der Waals surface area contributed by atoms with Crippen LogP contribution in [0.2, 0.25) is 0 Å². The lowest BCUT2D eigenvalue weighted by atomic mass is 10.1. The van der Waals surface area contributed by atoms with Crippen molar-refractivity contribution in [2.24, 2.45) is 0 Å². The van der Waals surface area contributed by atoms with Crippen LogP contribution in [0, 0.1) is 0 Å². The van der Waals surface area contributed by atoms with Gasteiger partial charge in [0.25, 0.3) is 0 Å². The van der Waals surface area contributed by atoms with Crippen LogP contribution in [-0.2, 0) is 4.74 Å². The molecule has 1 rings (SSSR count). The Bertz CT molecular complexity index is 309. The fraction of sp³-hybridized carbons (Fsp3) is 0.750. The van der Waals surface area contributed by atoms with E-state index in [0.29, 0.717) is 13.1 Å². The molecular formula is C12H22N2O3. The van der Waals surface area contributed by atoms with Crippen molar-refractivity contribution >= 4 is 6.09 Å². The largest absolute Gasteiger partial charge is 0.511 e. The van der Waals surface area contributed by atoms with Crippen LogP contribution in [0.15, 0.2) is 12.3 Å². The quantitative estimate of drug-likeness (QED) is 0.710. The summed E-state index contributed by atoms with van der Waals surface area (Å²) >= 11 is 0. The van der Waals surface area contributed by atoms with Gasteiger partial charge in [-0.3, -0.25) is 4.90 Å². The number of nitrogens with zero attached hydrogens (tertiary/aromatic N) is 2. The molecule has 1 heterocycles. The van der Waals surface area contributed by atoms with Crippen molar-refractivity contribution in [2.75, 3.05) is 26.7 Å². The molecule has 17 heavy (non-hydrogen) atoms. The van der Waals surface area contributed by atoms with Crippen LogP contribution in [-0.4, -0.2) is 59.3 Å². The summed E-state index contributed by atoms with van der Waals surface area (Å²) in [6, 6.07) is -0.386. The third-order valence-corrected chi connectivity index (χ3v) is 2.60. The van der Waals surface area contributed by atoms with Gasteiger partial charge in [0.1, 0.15) is 17.4 Å². The van der Waals surface area contributed by atoms with Crippen molar-refractivity contribution in [1.82, 2.24) is 9.80 Å². The van der Waals surface area contributed by atoms with E-state index in [0.717, 1.165) is 6.54 Å². The fourth-order valence-corrected chi connectivity index (χ4v) is 1.74. The molecule has 1 aliphatic heterocycles. The molecule has 0 aromatic rings. The van der Waals surface area contributed by atoms with E-state index in [-0.39, 0.29) is 11.8 Å². The number of aliphatic hydroxyl groups excluding tert-OH is 1. The molecule has 0 radical (unpaired) electrons. The molecule has 5 heteroatoms. The van der Waals surface area contributed by atoms with E-state index in [9.17, 15) is 9.90 Å². The molecule has 0 bridgehead atoms. The van der Waals surface area contributed by atoms with E-state index in [4.69, 9.17) is 4.74 Å². The Labute approximate surface area is 103 Å². The molecular weight excluding hydrogens is 220 g/mol. The summed E-state index contributed by atoms with van der Waals surface area (Å²) in [5.41, 5.74) is -0.526. The predicted octanol–water partition coefficient (Wildman–Crippen LogP) is 1.61. The molecule has 0 spiro atoms. The summed E-state index contributed by atoms with van der Waals surface area (Å²) in [4.78, 5) is 15.6. The van der Waals surface area contributed by atoms with Crippen LogP contribution in [0.25, 0.3) is 0 Å². The van der Waals surface area contributed by atoms with Crippen molar-refractivity contribution in [1.29, 1.82) is 0 Å². The maximum absolute atomic E-state index is 12.0. The molecule has 1 saturated heterocycles. The standard InChI is InChI=1S/C12H22N2O3/c1-9(15)10-8-13(5)6-7-14(10)11(16)17-12(2,3)4/h10,15H,1,6-8H2,2-5H3/t10-/m0/s1. The first-order chi connectivity index (χ1) is 7.70. The molecule has 0 saturated carbocycles. The number of hydrogen-bond donors (Lipinski definition) is 1. The van der Waals surface area contributed by atoms with Gasteiger partial charge in [-0.05, 0) is 27.8 Å². The van der Waals surface area contributed by atoms with Gasteiger partial charge >= 0.3 is 6.09 Å². The molecule has 1 N–H and O–H groups in total. The molecule has 1 atom stereocenters. The van der Waals surface area contributed by atoms with E-state index >= 15 is 0 Å². The van der Waals surface area contributed by atoms with Crippen LogP contribution in [0.3, 0.4) is 0 Å². The second-order valence-corrected chi connectivity index (χ2v) is 5.44. The normalized spacial score (nSPS) is 22.4. The third-order valence-electron chi connectivity index (χ3n) is 2.60. The summed E-state index contributed by atoms with van der Waals surface area (Å²) in [7, 11) is 1.95. The van der Waals surface area contributed by atoms with Crippen molar-refractivity contribution in [3.8, 4) is 0 Å². The molecule has 1 aliphatic rings. The van der Waals surface area contributed by atoms with Crippen LogP contribution in [0.5, 0.6) is 0 Å². The summed E-state index contributed by atoms with van der Waals surface area (Å²) in [5.74, 6) is 0.00223. The van der Waals surface area contributed by atoms with Gasteiger partial charge in [0.2, 0.25) is 0 Å². The summed E-state index contributed by atoms with van der Waals surface area (Å²) in [6.45, 7) is 10.9. The van der Waals surface area contributed by atoms with E-state index < -0.39 is 11.7 Å². The lowest BCUT2D eigenvalue weighted by Crippen LogP contribution is -2.55. The first kappa shape index (κ1) is 13.8. The lowest BCUT2D eigenvalue weighted by molar-refractivity contribution is 0.00135. The van der Waals surface area contributed by atoms with Crippen molar-refractivity contribution < 1.29 is 14.6 Å². The van der Waals surface area contributed by atoms with E-state index in [1.807, 2.05) is 32.7 Å². The topological polar surface area (TPSA) is 53.0 Å². The molecule has 98 valence electrons. The minimum absolute atomic E-state index is 0.00223. The van der Waals surface area contributed by atoms with E-state index in [1.54, 1.807) is 0 Å². The minimum Gasteiger partial charge on any atom is -0.511 e. The maximum Gasteiger partial charge on any atom is 0.411 e. The Kier molecular flexibility index (Phi) is 4.03. The van der Waals surface area contributed by atoms with Crippen LogP contribution in [0.1, 0.15) is 20.8 Å². The first-order valence-corrected chi connectivity index (χ1v) is 5.76. The van der Waals surface area contributed by atoms with Gasteiger partial charge in [-0.2, -0.15) is 0 Å². The number of ether oxygens (including phenoxy) is 1. The Morgan fingerprint density at radius 1 is 1.41 bits per heavy atom. The Morgan fingerprint density at radius 2 is 2.00 bits per heavy atom. The zero-order valence-corrected chi connectivity index (χ0v) is 11.1. The predicted molar refractivity (Wildman–Crippen MR) is 66.0 cm³/mol. The highest BCUT2D eigenvalue weighted by Gasteiger charge is 2.33. The summed E-state index contributed by atoms with van der Waals surface area (Å²) in [6.07, 6.45) is -0.397. The summed E-state index contributed by atoms with van der Waals surface area (Å²) < 4.78 is 5.31. The average Bonchev–Trinajstić information content (AvgIpc) is 2.14. The van der Waals surface area contributed by atoms with Crippen molar-refractivity contribution in [2.45, 2.75) is 32.4 Å². The first-order valence-electron chi connectivity index (χ1n) is 5.76. The Morgan fingerprint density at radius 3 is 2.47 bits per heavy atom. The van der Waals surface area contributed by atoms with Crippen LogP contribution >= 0.6 is 0 Å². The van der Waals surface area contributed by atoms with Gasteiger partial charge in [0, 0.05) is 19.6 Å². The Balaban J connectivity index is 2.73. The van der Waals surface area contributed by atoms with Gasteiger partial charge in [-0.1, -0.05) is 6.58 Å². The third kappa shape index (κ3) is 3.93. The SMILES string of the molecule is C=C(O)[C@@H]1CN(C)CCN1C(=O)OC(C)(C)C. The monoisotopic (exact) mass is 242 g/mol. The van der Waals surface area contributed by atoms with Gasteiger partial charge in [-0.15, -0.1) is 0 Å². The highest BCUT2D eigenvalue weighted by Crippen LogP contribution is 2.17. The minimum atomic E-state index is -0.526. The van der Waals surface area contributed by atoms with Gasteiger partial charge < -0.3 is 14.7 Å². The van der Waals surface area contributed by atoms with Crippen molar-refractivity contribution in [3.05, 3.63) is 12.3 Å². The van der Waals surface area contributed by atoms with Crippen molar-refractivity contribution in [3.63, 3.8) is 0 Å².